The van der Waals surface area contributed by atoms with Crippen molar-refractivity contribution < 1.29 is 4.79 Å². The molecule has 1 saturated heterocycles. The Hall–Kier alpha value is -1.29. The largest absolute Gasteiger partial charge is 0.341 e. The van der Waals surface area contributed by atoms with E-state index in [0.29, 0.717) is 6.04 Å². The number of nitrogens with zero attached hydrogens (tertiary/aromatic N) is 2. The lowest BCUT2D eigenvalue weighted by atomic mass is 9.90. The summed E-state index contributed by atoms with van der Waals surface area (Å²) < 4.78 is 2.05. The first-order chi connectivity index (χ1) is 8.97. The molecule has 1 N–H and O–H groups in total. The highest BCUT2D eigenvalue weighted by Gasteiger charge is 2.31. The van der Waals surface area contributed by atoms with Crippen LogP contribution < -0.4 is 5.32 Å². The van der Waals surface area contributed by atoms with Gasteiger partial charge in [-0.1, -0.05) is 0 Å². The molecule has 0 bridgehead atoms. The van der Waals surface area contributed by atoms with Gasteiger partial charge in [-0.05, 0) is 52.8 Å². The van der Waals surface area contributed by atoms with Crippen LogP contribution in [0.15, 0.2) is 18.3 Å². The lowest BCUT2D eigenvalue weighted by Crippen LogP contribution is -2.51. The molecule has 0 aromatic carbocycles. The highest BCUT2D eigenvalue weighted by molar-refractivity contribution is 5.92. The zero-order valence-electron chi connectivity index (χ0n) is 12.4. The number of carbonyl (C=O) groups is 1. The van der Waals surface area contributed by atoms with Crippen LogP contribution in [0.1, 0.15) is 50.1 Å². The predicted octanol–water partition coefficient (Wildman–Crippen LogP) is 2.28. The monoisotopic (exact) mass is 263 g/mol. The number of likely N-dealkylation sites (tertiary alicyclic amines) is 1. The second-order valence-corrected chi connectivity index (χ2v) is 6.00. The summed E-state index contributed by atoms with van der Waals surface area (Å²) in [6.07, 6.45) is 4.01. The summed E-state index contributed by atoms with van der Waals surface area (Å²) in [5.41, 5.74) is 0.986. The molecular weight excluding hydrogens is 238 g/mol. The summed E-state index contributed by atoms with van der Waals surface area (Å²) in [6, 6.07) is 4.20. The van der Waals surface area contributed by atoms with Crippen LogP contribution in [0.2, 0.25) is 0 Å². The van der Waals surface area contributed by atoms with Gasteiger partial charge < -0.3 is 14.8 Å². The average molecular weight is 263 g/mol. The lowest BCUT2D eigenvalue weighted by molar-refractivity contribution is 0.0649. The van der Waals surface area contributed by atoms with Gasteiger partial charge in [0.05, 0.1) is 0 Å². The highest BCUT2D eigenvalue weighted by Crippen LogP contribution is 2.23. The highest BCUT2D eigenvalue weighted by atomic mass is 16.2. The third-order valence-electron chi connectivity index (χ3n) is 4.31. The van der Waals surface area contributed by atoms with E-state index in [1.807, 2.05) is 34.8 Å². The molecule has 1 aromatic heterocycles. The first-order valence-corrected chi connectivity index (χ1v) is 7.12. The van der Waals surface area contributed by atoms with Crippen LogP contribution in [0.3, 0.4) is 0 Å². The quantitative estimate of drug-likeness (QED) is 0.908. The molecule has 0 atom stereocenters. The number of carbonyl (C=O) groups excluding carboxylic acids is 1. The summed E-state index contributed by atoms with van der Waals surface area (Å²) in [5.74, 6) is 0.164. The second kappa shape index (κ2) is 5.37. The van der Waals surface area contributed by atoms with Gasteiger partial charge >= 0.3 is 0 Å². The fourth-order valence-electron chi connectivity index (χ4n) is 2.64. The van der Waals surface area contributed by atoms with Crippen LogP contribution >= 0.6 is 0 Å². The molecule has 0 aliphatic carbocycles. The molecular formula is C15H25N3O. The number of piperidine rings is 1. The molecule has 4 nitrogen and oxygen atoms in total. The van der Waals surface area contributed by atoms with E-state index in [1.54, 1.807) is 0 Å². The summed E-state index contributed by atoms with van der Waals surface area (Å²) >= 11 is 0. The van der Waals surface area contributed by atoms with Crippen molar-refractivity contribution in [1.82, 2.24) is 14.8 Å². The van der Waals surface area contributed by atoms with Gasteiger partial charge in [0.2, 0.25) is 0 Å². The van der Waals surface area contributed by atoms with Gasteiger partial charge in [0.25, 0.3) is 5.91 Å². The van der Waals surface area contributed by atoms with Crippen LogP contribution in [-0.2, 0) is 0 Å². The first kappa shape index (κ1) is 14.1. The maximum Gasteiger partial charge on any atom is 0.270 e. The number of amides is 1. The molecule has 1 aromatic rings. The Morgan fingerprint density at radius 2 is 2.00 bits per heavy atom. The Bertz CT molecular complexity index is 442. The summed E-state index contributed by atoms with van der Waals surface area (Å²) in [5, 5.41) is 3.36. The van der Waals surface area contributed by atoms with Gasteiger partial charge in [-0.3, -0.25) is 4.79 Å². The Morgan fingerprint density at radius 3 is 2.53 bits per heavy atom. The maximum absolute atomic E-state index is 12.6. The zero-order chi connectivity index (χ0) is 14.0. The number of hydrogen-bond acceptors (Lipinski definition) is 2. The van der Waals surface area contributed by atoms with Crippen molar-refractivity contribution in [3.63, 3.8) is 0 Å². The van der Waals surface area contributed by atoms with E-state index in [4.69, 9.17) is 0 Å². The fourth-order valence-corrected chi connectivity index (χ4v) is 2.64. The molecule has 1 aliphatic heterocycles. The number of nitrogens with one attached hydrogen (secondary N) is 1. The van der Waals surface area contributed by atoms with Gasteiger partial charge in [0, 0.05) is 30.9 Å². The van der Waals surface area contributed by atoms with Crippen molar-refractivity contribution in [2.75, 3.05) is 20.1 Å². The Morgan fingerprint density at radius 1 is 1.37 bits per heavy atom. The third-order valence-corrected chi connectivity index (χ3v) is 4.31. The van der Waals surface area contributed by atoms with E-state index in [2.05, 4.69) is 26.1 Å². The fraction of sp³-hybridized carbons (Fsp3) is 0.667. The molecule has 19 heavy (non-hydrogen) atoms. The number of hydrogen-bond donors (Lipinski definition) is 1. The molecule has 4 heteroatoms. The Labute approximate surface area is 115 Å². The summed E-state index contributed by atoms with van der Waals surface area (Å²) in [7, 11) is 2.00. The molecule has 1 amide bonds. The third kappa shape index (κ3) is 2.84. The Kier molecular flexibility index (Phi) is 3.99. The maximum atomic E-state index is 12.6. The molecule has 2 rings (SSSR count). The molecule has 1 fully saturated rings. The van der Waals surface area contributed by atoms with E-state index in [9.17, 15) is 4.79 Å². The van der Waals surface area contributed by atoms with Crippen LogP contribution in [0, 0.1) is 0 Å². The number of aromatic nitrogens is 1. The molecule has 106 valence electrons. The molecule has 0 radical (unpaired) electrons. The van der Waals surface area contributed by atoms with E-state index < -0.39 is 0 Å². The van der Waals surface area contributed by atoms with Crippen molar-refractivity contribution in [1.29, 1.82) is 0 Å². The summed E-state index contributed by atoms with van der Waals surface area (Å²) in [4.78, 5) is 14.5. The minimum Gasteiger partial charge on any atom is -0.341 e. The SMILES string of the molecule is CNC1(C)CCN(C(=O)c2cccn2C(C)C)CC1. The normalized spacial score (nSPS) is 18.9. The smallest absolute Gasteiger partial charge is 0.270 e. The topological polar surface area (TPSA) is 37.3 Å². The van der Waals surface area contributed by atoms with Crippen LogP contribution in [0.25, 0.3) is 0 Å². The van der Waals surface area contributed by atoms with Crippen molar-refractivity contribution in [2.24, 2.45) is 0 Å². The average Bonchev–Trinajstić information content (AvgIpc) is 2.88. The minimum absolute atomic E-state index is 0.164. The minimum atomic E-state index is 0.164. The summed E-state index contributed by atoms with van der Waals surface area (Å²) in [6.45, 7) is 8.10. The van der Waals surface area contributed by atoms with Gasteiger partial charge in [0.1, 0.15) is 5.69 Å². The molecule has 0 spiro atoms. The first-order valence-electron chi connectivity index (χ1n) is 7.12. The van der Waals surface area contributed by atoms with Crippen molar-refractivity contribution >= 4 is 5.91 Å². The van der Waals surface area contributed by atoms with Gasteiger partial charge in [-0.25, -0.2) is 0 Å². The van der Waals surface area contributed by atoms with Crippen LogP contribution in [0.4, 0.5) is 0 Å². The Balaban J connectivity index is 2.07. The van der Waals surface area contributed by atoms with Crippen LogP contribution in [0.5, 0.6) is 0 Å². The van der Waals surface area contributed by atoms with Gasteiger partial charge in [-0.2, -0.15) is 0 Å². The molecule has 2 heterocycles. The van der Waals surface area contributed by atoms with E-state index in [1.165, 1.54) is 0 Å². The van der Waals surface area contributed by atoms with Crippen LogP contribution in [-0.4, -0.2) is 41.1 Å². The van der Waals surface area contributed by atoms with E-state index >= 15 is 0 Å². The standard InChI is InChI=1S/C15H25N3O/c1-12(2)18-9-5-6-13(18)14(19)17-10-7-15(3,16-4)8-11-17/h5-6,9,12,16H,7-8,10-11H2,1-4H3. The lowest BCUT2D eigenvalue weighted by Gasteiger charge is -2.39. The molecule has 0 saturated carbocycles. The van der Waals surface area contributed by atoms with E-state index in [0.717, 1.165) is 31.6 Å². The zero-order valence-corrected chi connectivity index (χ0v) is 12.4. The van der Waals surface area contributed by atoms with E-state index in [-0.39, 0.29) is 11.4 Å². The molecule has 1 aliphatic rings. The van der Waals surface area contributed by atoms with Crippen molar-refractivity contribution in [3.05, 3.63) is 24.0 Å². The predicted molar refractivity (Wildman–Crippen MR) is 77.4 cm³/mol. The molecule has 0 unspecified atom stereocenters. The van der Waals surface area contributed by atoms with Crippen molar-refractivity contribution in [3.8, 4) is 0 Å². The number of rotatable bonds is 3. The second-order valence-electron chi connectivity index (χ2n) is 6.00. The van der Waals surface area contributed by atoms with Gasteiger partial charge in [-0.15, -0.1) is 0 Å². The van der Waals surface area contributed by atoms with Gasteiger partial charge in [0.15, 0.2) is 0 Å². The van der Waals surface area contributed by atoms with Crippen molar-refractivity contribution in [2.45, 2.75) is 45.2 Å².